The summed E-state index contributed by atoms with van der Waals surface area (Å²) in [6, 6.07) is 5.20. The van der Waals surface area contributed by atoms with E-state index in [-0.39, 0.29) is 5.78 Å². The molecule has 0 heterocycles. The second-order valence-electron chi connectivity index (χ2n) is 2.86. The number of Topliss-reactive ketones (excluding diaryl/α,β-unsaturated/α-hetero) is 1. The monoisotopic (exact) mass is 173 g/mol. The lowest BCUT2D eigenvalue weighted by atomic mass is 10.0. The quantitative estimate of drug-likeness (QED) is 0.497. The van der Waals surface area contributed by atoms with Crippen LogP contribution < -0.4 is 0 Å². The van der Waals surface area contributed by atoms with Crippen LogP contribution in [0.1, 0.15) is 29.8 Å². The lowest BCUT2D eigenvalue weighted by Crippen LogP contribution is -1.97. The zero-order chi connectivity index (χ0) is 9.84. The van der Waals surface area contributed by atoms with Gasteiger partial charge in [0.05, 0.1) is 6.57 Å². The molecule has 0 atom stereocenters. The number of carbonyl (C=O) groups excluding carboxylic acids is 1. The molecular formula is C11H11NO. The fourth-order valence-corrected chi connectivity index (χ4v) is 1.29. The Morgan fingerprint density at radius 3 is 2.69 bits per heavy atom. The number of benzene rings is 1. The Morgan fingerprint density at radius 1 is 1.54 bits per heavy atom. The van der Waals surface area contributed by atoms with Crippen molar-refractivity contribution in [3.8, 4) is 0 Å². The van der Waals surface area contributed by atoms with Crippen molar-refractivity contribution in [3.63, 3.8) is 0 Å². The Balaban J connectivity index is 3.25. The molecule has 0 aliphatic rings. The van der Waals surface area contributed by atoms with E-state index in [9.17, 15) is 4.79 Å². The van der Waals surface area contributed by atoms with Crippen molar-refractivity contribution in [1.82, 2.24) is 0 Å². The van der Waals surface area contributed by atoms with Crippen LogP contribution in [0.3, 0.4) is 0 Å². The maximum Gasteiger partial charge on any atom is 0.187 e. The second-order valence-corrected chi connectivity index (χ2v) is 2.86. The van der Waals surface area contributed by atoms with Crippen LogP contribution in [0.25, 0.3) is 4.85 Å². The Kier molecular flexibility index (Phi) is 2.81. The molecule has 0 aromatic heterocycles. The summed E-state index contributed by atoms with van der Waals surface area (Å²) in [6.45, 7) is 10.4. The highest BCUT2D eigenvalue weighted by atomic mass is 16.1. The molecule has 0 N–H and O–H groups in total. The van der Waals surface area contributed by atoms with E-state index in [4.69, 9.17) is 6.57 Å². The predicted molar refractivity (Wildman–Crippen MR) is 52.1 cm³/mol. The van der Waals surface area contributed by atoms with Crippen molar-refractivity contribution in [2.24, 2.45) is 0 Å². The van der Waals surface area contributed by atoms with Gasteiger partial charge in [0.1, 0.15) is 0 Å². The molecule has 2 nitrogen and oxygen atoms in total. The van der Waals surface area contributed by atoms with Gasteiger partial charge in [-0.25, -0.2) is 4.85 Å². The van der Waals surface area contributed by atoms with Crippen molar-refractivity contribution in [2.75, 3.05) is 0 Å². The largest absolute Gasteiger partial charge is 0.295 e. The van der Waals surface area contributed by atoms with E-state index in [0.29, 0.717) is 5.69 Å². The first-order chi connectivity index (χ1) is 6.19. The van der Waals surface area contributed by atoms with Crippen molar-refractivity contribution >= 4 is 11.5 Å². The lowest BCUT2D eigenvalue weighted by molar-refractivity contribution is 0.101. The van der Waals surface area contributed by atoms with Gasteiger partial charge < -0.3 is 0 Å². The van der Waals surface area contributed by atoms with Crippen LogP contribution in [-0.2, 0) is 6.42 Å². The molecule has 1 aromatic rings. The first-order valence-corrected chi connectivity index (χ1v) is 4.20. The average Bonchev–Trinajstić information content (AvgIpc) is 2.16. The Morgan fingerprint density at radius 2 is 2.23 bits per heavy atom. The van der Waals surface area contributed by atoms with Crippen molar-refractivity contribution in [3.05, 3.63) is 40.7 Å². The molecule has 0 radical (unpaired) electrons. The third-order valence-electron chi connectivity index (χ3n) is 1.98. The summed E-state index contributed by atoms with van der Waals surface area (Å²) >= 11 is 0. The summed E-state index contributed by atoms with van der Waals surface area (Å²) in [5.41, 5.74) is 2.29. The molecule has 0 unspecified atom stereocenters. The van der Waals surface area contributed by atoms with Crippen LogP contribution in [0.2, 0.25) is 0 Å². The average molecular weight is 173 g/mol. The van der Waals surface area contributed by atoms with Gasteiger partial charge in [-0.2, -0.15) is 0 Å². The number of ketones is 1. The van der Waals surface area contributed by atoms with Gasteiger partial charge in [-0.1, -0.05) is 25.1 Å². The zero-order valence-corrected chi connectivity index (χ0v) is 7.79. The van der Waals surface area contributed by atoms with E-state index in [1.54, 1.807) is 25.1 Å². The third-order valence-corrected chi connectivity index (χ3v) is 1.98. The smallest absolute Gasteiger partial charge is 0.187 e. The van der Waals surface area contributed by atoms with Crippen LogP contribution in [0.4, 0.5) is 5.69 Å². The molecule has 0 saturated carbocycles. The highest BCUT2D eigenvalue weighted by Gasteiger charge is 2.05. The van der Waals surface area contributed by atoms with Gasteiger partial charge in [0.25, 0.3) is 0 Å². The van der Waals surface area contributed by atoms with Gasteiger partial charge >= 0.3 is 0 Å². The summed E-state index contributed by atoms with van der Waals surface area (Å²) in [5, 5.41) is 0. The Bertz CT molecular complexity index is 374. The molecular weight excluding hydrogens is 162 g/mol. The number of hydrogen-bond acceptors (Lipinski definition) is 1. The number of hydrogen-bond donors (Lipinski definition) is 0. The van der Waals surface area contributed by atoms with Gasteiger partial charge in [-0.15, -0.1) is 0 Å². The third kappa shape index (κ3) is 1.94. The molecule has 1 rings (SSSR count). The molecule has 0 aliphatic carbocycles. The van der Waals surface area contributed by atoms with E-state index in [1.807, 2.05) is 6.92 Å². The molecule has 0 aliphatic heterocycles. The Labute approximate surface area is 78.0 Å². The fourth-order valence-electron chi connectivity index (χ4n) is 1.29. The van der Waals surface area contributed by atoms with Gasteiger partial charge in [0.2, 0.25) is 0 Å². The summed E-state index contributed by atoms with van der Waals surface area (Å²) in [7, 11) is 0. The second kappa shape index (κ2) is 3.86. The minimum absolute atomic E-state index is 0.0633. The summed E-state index contributed by atoms with van der Waals surface area (Å²) in [4.78, 5) is 14.5. The van der Waals surface area contributed by atoms with Gasteiger partial charge in [-0.3, -0.25) is 4.79 Å². The lowest BCUT2D eigenvalue weighted by Gasteiger charge is -2.03. The maximum atomic E-state index is 11.1. The first-order valence-electron chi connectivity index (χ1n) is 4.20. The highest BCUT2D eigenvalue weighted by Crippen LogP contribution is 2.19. The number of aryl methyl sites for hydroxylation is 1. The van der Waals surface area contributed by atoms with E-state index < -0.39 is 0 Å². The van der Waals surface area contributed by atoms with Crippen LogP contribution in [0, 0.1) is 6.57 Å². The number of nitrogens with zero attached hydrogens (tertiary/aromatic N) is 1. The van der Waals surface area contributed by atoms with E-state index >= 15 is 0 Å². The van der Waals surface area contributed by atoms with Crippen molar-refractivity contribution in [1.29, 1.82) is 0 Å². The number of rotatable bonds is 2. The molecule has 0 fully saturated rings. The predicted octanol–water partition coefficient (Wildman–Crippen LogP) is 3.00. The fraction of sp³-hybridized carbons (Fsp3) is 0.273. The van der Waals surface area contributed by atoms with Crippen LogP contribution in [-0.4, -0.2) is 5.78 Å². The normalized spacial score (nSPS) is 9.31. The van der Waals surface area contributed by atoms with E-state index in [1.165, 1.54) is 0 Å². The van der Waals surface area contributed by atoms with Gasteiger partial charge in [0.15, 0.2) is 11.5 Å². The SMILES string of the molecule is [C-]#[N+]c1ccc(C(C)=O)c(CC)c1. The molecule has 0 bridgehead atoms. The molecule has 13 heavy (non-hydrogen) atoms. The summed E-state index contributed by atoms with van der Waals surface area (Å²) in [5.74, 6) is 0.0633. The summed E-state index contributed by atoms with van der Waals surface area (Å²) < 4.78 is 0. The topological polar surface area (TPSA) is 21.4 Å². The number of carbonyl (C=O) groups is 1. The Hall–Kier alpha value is -1.62. The van der Waals surface area contributed by atoms with Gasteiger partial charge in [-0.05, 0) is 18.9 Å². The minimum atomic E-state index is 0.0633. The van der Waals surface area contributed by atoms with Crippen molar-refractivity contribution in [2.45, 2.75) is 20.3 Å². The molecule has 0 spiro atoms. The van der Waals surface area contributed by atoms with Crippen LogP contribution >= 0.6 is 0 Å². The standard InChI is InChI=1S/C11H11NO/c1-4-9-7-10(12-3)5-6-11(9)8(2)13/h5-7H,4H2,1-2H3. The van der Waals surface area contributed by atoms with E-state index in [0.717, 1.165) is 17.5 Å². The molecule has 1 aromatic carbocycles. The van der Waals surface area contributed by atoms with Crippen molar-refractivity contribution < 1.29 is 4.79 Å². The molecule has 66 valence electrons. The van der Waals surface area contributed by atoms with Gasteiger partial charge in [0, 0.05) is 5.56 Å². The maximum absolute atomic E-state index is 11.1. The zero-order valence-electron chi connectivity index (χ0n) is 7.79. The van der Waals surface area contributed by atoms with Crippen LogP contribution in [0.15, 0.2) is 18.2 Å². The molecule has 0 saturated heterocycles. The molecule has 0 amide bonds. The minimum Gasteiger partial charge on any atom is -0.295 e. The highest BCUT2D eigenvalue weighted by molar-refractivity contribution is 5.96. The molecule has 2 heteroatoms. The van der Waals surface area contributed by atoms with E-state index in [2.05, 4.69) is 4.85 Å². The summed E-state index contributed by atoms with van der Waals surface area (Å²) in [6.07, 6.45) is 0.790. The van der Waals surface area contributed by atoms with Crippen LogP contribution in [0.5, 0.6) is 0 Å². The first kappa shape index (κ1) is 9.47.